The van der Waals surface area contributed by atoms with Crippen LogP contribution in [0.25, 0.3) is 10.8 Å². The van der Waals surface area contributed by atoms with E-state index in [1.165, 1.54) is 6.20 Å². The van der Waals surface area contributed by atoms with Crippen LogP contribution in [0.15, 0.2) is 79.0 Å². The number of fused-ring (bicyclic) bond motifs is 1. The second-order valence-electron chi connectivity index (χ2n) is 9.07. The highest BCUT2D eigenvalue weighted by Crippen LogP contribution is 2.28. The van der Waals surface area contributed by atoms with Gasteiger partial charge in [0, 0.05) is 30.6 Å². The number of nitrogens with one attached hydrogen (secondary N) is 2. The average Bonchev–Trinajstić information content (AvgIpc) is 2.83. The van der Waals surface area contributed by atoms with E-state index in [0.717, 1.165) is 22.0 Å². The summed E-state index contributed by atoms with van der Waals surface area (Å²) in [6.45, 7) is 6.42. The molecule has 0 spiro atoms. The number of pyridine rings is 1. The van der Waals surface area contributed by atoms with Gasteiger partial charge in [0.1, 0.15) is 17.2 Å². The van der Waals surface area contributed by atoms with Crippen LogP contribution in [0.2, 0.25) is 0 Å². The van der Waals surface area contributed by atoms with Gasteiger partial charge in [0.05, 0.1) is 0 Å². The summed E-state index contributed by atoms with van der Waals surface area (Å²) < 4.78 is 5.94. The number of anilines is 1. The first kappa shape index (κ1) is 23.0. The van der Waals surface area contributed by atoms with Crippen molar-refractivity contribution < 1.29 is 14.3 Å². The van der Waals surface area contributed by atoms with Crippen LogP contribution in [0.3, 0.4) is 0 Å². The first-order chi connectivity index (χ1) is 16.2. The highest BCUT2D eigenvalue weighted by Gasteiger charge is 2.15. The van der Waals surface area contributed by atoms with E-state index in [1.54, 1.807) is 19.2 Å². The zero-order chi connectivity index (χ0) is 24.3. The molecule has 6 heteroatoms. The maximum absolute atomic E-state index is 12.9. The Bertz CT molecular complexity index is 1370. The van der Waals surface area contributed by atoms with Crippen molar-refractivity contribution in [1.82, 2.24) is 10.3 Å². The Morgan fingerprint density at radius 1 is 0.824 bits per heavy atom. The van der Waals surface area contributed by atoms with Crippen molar-refractivity contribution in [2.24, 2.45) is 0 Å². The largest absolute Gasteiger partial charge is 0.457 e. The molecule has 0 fully saturated rings. The molecule has 2 amide bonds. The molecule has 2 N–H and O–H groups in total. The van der Waals surface area contributed by atoms with Crippen LogP contribution in [-0.4, -0.2) is 23.8 Å². The third-order valence-corrected chi connectivity index (χ3v) is 5.49. The topological polar surface area (TPSA) is 80.3 Å². The lowest BCUT2D eigenvalue weighted by Gasteiger charge is -2.20. The minimum Gasteiger partial charge on any atom is -0.457 e. The second-order valence-corrected chi connectivity index (χ2v) is 9.07. The Morgan fingerprint density at radius 3 is 2.35 bits per heavy atom. The van der Waals surface area contributed by atoms with E-state index >= 15 is 0 Å². The molecule has 0 aliphatic carbocycles. The Balaban J connectivity index is 1.56. The first-order valence-electron chi connectivity index (χ1n) is 11.0. The molecule has 0 saturated heterocycles. The van der Waals surface area contributed by atoms with Crippen LogP contribution < -0.4 is 15.4 Å². The zero-order valence-corrected chi connectivity index (χ0v) is 19.7. The Morgan fingerprint density at radius 2 is 1.59 bits per heavy atom. The van der Waals surface area contributed by atoms with Crippen molar-refractivity contribution in [3.63, 3.8) is 0 Å². The molecule has 1 heterocycles. The third-order valence-electron chi connectivity index (χ3n) is 5.49. The van der Waals surface area contributed by atoms with E-state index in [9.17, 15) is 9.59 Å². The molecule has 0 atom stereocenters. The van der Waals surface area contributed by atoms with Gasteiger partial charge in [-0.1, -0.05) is 45.0 Å². The van der Waals surface area contributed by atoms with Gasteiger partial charge in [0.2, 0.25) is 0 Å². The van der Waals surface area contributed by atoms with Crippen molar-refractivity contribution in [3.05, 3.63) is 95.8 Å². The van der Waals surface area contributed by atoms with Gasteiger partial charge in [-0.2, -0.15) is 0 Å². The van der Waals surface area contributed by atoms with Crippen molar-refractivity contribution in [1.29, 1.82) is 0 Å². The van der Waals surface area contributed by atoms with Gasteiger partial charge in [-0.25, -0.2) is 0 Å². The summed E-state index contributed by atoms with van der Waals surface area (Å²) in [6, 6.07) is 22.4. The van der Waals surface area contributed by atoms with Gasteiger partial charge in [0.15, 0.2) is 0 Å². The van der Waals surface area contributed by atoms with E-state index in [2.05, 4.69) is 42.5 Å². The molecule has 0 bridgehead atoms. The van der Waals surface area contributed by atoms with Gasteiger partial charge in [-0.15, -0.1) is 0 Å². The fourth-order valence-electron chi connectivity index (χ4n) is 3.56. The van der Waals surface area contributed by atoms with Gasteiger partial charge in [-0.3, -0.25) is 14.6 Å². The number of carbonyl (C=O) groups excluding carboxylic acids is 2. The van der Waals surface area contributed by atoms with Crippen LogP contribution in [-0.2, 0) is 5.41 Å². The number of aromatic nitrogens is 1. The summed E-state index contributed by atoms with van der Waals surface area (Å²) in [4.78, 5) is 28.8. The van der Waals surface area contributed by atoms with Crippen LogP contribution in [0, 0.1) is 0 Å². The minimum absolute atomic E-state index is 0.00396. The molecule has 0 unspecified atom stereocenters. The molecule has 3 aromatic carbocycles. The van der Waals surface area contributed by atoms with E-state index < -0.39 is 0 Å². The van der Waals surface area contributed by atoms with Crippen LogP contribution >= 0.6 is 0 Å². The average molecular weight is 454 g/mol. The fourth-order valence-corrected chi connectivity index (χ4v) is 3.56. The molecule has 0 radical (unpaired) electrons. The van der Waals surface area contributed by atoms with Crippen molar-refractivity contribution in [3.8, 4) is 11.5 Å². The molecule has 4 rings (SSSR count). The van der Waals surface area contributed by atoms with Crippen LogP contribution in [0.5, 0.6) is 11.5 Å². The SMILES string of the molecule is CNC(=O)c1cc(Oc2ccc3ccc(C(=O)Nc4cccc(C(C)(C)C)c4)cc3c2)ccn1. The summed E-state index contributed by atoms with van der Waals surface area (Å²) >= 11 is 0. The van der Waals surface area contributed by atoms with E-state index in [0.29, 0.717) is 17.1 Å². The Kier molecular flexibility index (Phi) is 6.32. The Hall–Kier alpha value is -4.19. The smallest absolute Gasteiger partial charge is 0.269 e. The quantitative estimate of drug-likeness (QED) is 0.392. The number of ether oxygens (including phenoxy) is 1. The lowest BCUT2D eigenvalue weighted by atomic mass is 9.87. The summed E-state index contributed by atoms with van der Waals surface area (Å²) in [5.74, 6) is 0.633. The van der Waals surface area contributed by atoms with Crippen molar-refractivity contribution in [2.75, 3.05) is 12.4 Å². The summed E-state index contributed by atoms with van der Waals surface area (Å²) in [5, 5.41) is 7.40. The van der Waals surface area contributed by atoms with Gasteiger partial charge >= 0.3 is 0 Å². The summed E-state index contributed by atoms with van der Waals surface area (Å²) in [5.41, 5.74) is 2.74. The minimum atomic E-state index is -0.285. The zero-order valence-electron chi connectivity index (χ0n) is 19.7. The maximum atomic E-state index is 12.9. The maximum Gasteiger partial charge on any atom is 0.269 e. The van der Waals surface area contributed by atoms with Crippen LogP contribution in [0.1, 0.15) is 47.2 Å². The lowest BCUT2D eigenvalue weighted by molar-refractivity contribution is 0.0957. The number of nitrogens with zero attached hydrogens (tertiary/aromatic N) is 1. The first-order valence-corrected chi connectivity index (χ1v) is 11.0. The molecule has 4 aromatic rings. The summed E-state index contributed by atoms with van der Waals surface area (Å²) in [6.07, 6.45) is 1.53. The molecule has 172 valence electrons. The molecule has 0 saturated carbocycles. The number of rotatable bonds is 5. The van der Waals surface area contributed by atoms with Crippen molar-refractivity contribution in [2.45, 2.75) is 26.2 Å². The second kappa shape index (κ2) is 9.35. The van der Waals surface area contributed by atoms with E-state index in [1.807, 2.05) is 54.6 Å². The van der Waals surface area contributed by atoms with Gasteiger partial charge in [-0.05, 0) is 64.2 Å². The third kappa shape index (κ3) is 5.23. The summed E-state index contributed by atoms with van der Waals surface area (Å²) in [7, 11) is 1.55. The standard InChI is InChI=1S/C28H27N3O3/c1-28(2,3)21-6-5-7-22(16-21)31-26(32)19-9-8-18-10-11-23(15-20(18)14-19)34-24-12-13-30-25(17-24)27(33)29-4/h5-17H,1-4H3,(H,29,33)(H,31,32). The van der Waals surface area contributed by atoms with E-state index in [4.69, 9.17) is 4.74 Å². The highest BCUT2D eigenvalue weighted by atomic mass is 16.5. The molecule has 0 aliphatic heterocycles. The number of carbonyl (C=O) groups is 2. The fraction of sp³-hybridized carbons (Fsp3) is 0.179. The molecular formula is C28H27N3O3. The normalized spacial score (nSPS) is 11.2. The number of amides is 2. The lowest BCUT2D eigenvalue weighted by Crippen LogP contribution is -2.18. The predicted octanol–water partition coefficient (Wildman–Crippen LogP) is 5.94. The molecule has 34 heavy (non-hydrogen) atoms. The van der Waals surface area contributed by atoms with Gasteiger partial charge in [0.25, 0.3) is 11.8 Å². The molecular weight excluding hydrogens is 426 g/mol. The Labute approximate surface area is 199 Å². The number of benzene rings is 3. The van der Waals surface area contributed by atoms with Gasteiger partial charge < -0.3 is 15.4 Å². The highest BCUT2D eigenvalue weighted by molar-refractivity contribution is 6.06. The number of hydrogen-bond acceptors (Lipinski definition) is 4. The van der Waals surface area contributed by atoms with Crippen molar-refractivity contribution >= 4 is 28.3 Å². The monoisotopic (exact) mass is 453 g/mol. The molecule has 0 aliphatic rings. The molecule has 1 aromatic heterocycles. The van der Waals surface area contributed by atoms with Crippen LogP contribution in [0.4, 0.5) is 5.69 Å². The number of hydrogen-bond donors (Lipinski definition) is 2. The molecule has 6 nitrogen and oxygen atoms in total. The predicted molar refractivity (Wildman–Crippen MR) is 135 cm³/mol. The van der Waals surface area contributed by atoms with E-state index in [-0.39, 0.29) is 22.9 Å².